The maximum Gasteiger partial charge on any atom is 0.122 e. The van der Waals surface area contributed by atoms with Crippen LogP contribution in [-0.4, -0.2) is 6.61 Å². The van der Waals surface area contributed by atoms with Gasteiger partial charge in [0.15, 0.2) is 0 Å². The monoisotopic (exact) mass is 282 g/mol. The fourth-order valence-electron chi connectivity index (χ4n) is 2.06. The van der Waals surface area contributed by atoms with E-state index in [1.54, 1.807) is 0 Å². The van der Waals surface area contributed by atoms with Crippen molar-refractivity contribution in [3.8, 4) is 5.75 Å². The Morgan fingerprint density at radius 2 is 2.12 bits per heavy atom. The van der Waals surface area contributed by atoms with Gasteiger partial charge < -0.3 is 4.74 Å². The fraction of sp³-hybridized carbons (Fsp3) is 0.571. The molecular formula is C14H19BrO. The van der Waals surface area contributed by atoms with Crippen molar-refractivity contribution in [3.63, 3.8) is 0 Å². The van der Waals surface area contributed by atoms with Gasteiger partial charge >= 0.3 is 0 Å². The van der Waals surface area contributed by atoms with E-state index in [0.717, 1.165) is 25.2 Å². The maximum absolute atomic E-state index is 5.52. The van der Waals surface area contributed by atoms with Crippen molar-refractivity contribution >= 4 is 15.9 Å². The molecule has 1 unspecified atom stereocenters. The van der Waals surface area contributed by atoms with E-state index >= 15 is 0 Å². The van der Waals surface area contributed by atoms with E-state index in [1.165, 1.54) is 11.1 Å². The van der Waals surface area contributed by atoms with Crippen LogP contribution >= 0.6 is 15.9 Å². The average Bonchev–Trinajstić information content (AvgIpc) is 2.61. The van der Waals surface area contributed by atoms with Gasteiger partial charge in [0.25, 0.3) is 0 Å². The molecule has 0 amide bonds. The normalized spacial score (nSPS) is 16.8. The summed E-state index contributed by atoms with van der Waals surface area (Å²) < 4.78 is 5.52. The van der Waals surface area contributed by atoms with Crippen molar-refractivity contribution in [2.45, 2.75) is 38.4 Å². The van der Waals surface area contributed by atoms with Gasteiger partial charge in [0.2, 0.25) is 0 Å². The Hall–Kier alpha value is -0.500. The van der Waals surface area contributed by atoms with Gasteiger partial charge in [-0.1, -0.05) is 48.8 Å². The predicted octanol–water partition coefficient (Wildman–Crippen LogP) is 4.49. The molecule has 0 aromatic heterocycles. The molecule has 0 saturated heterocycles. The molecule has 2 heteroatoms. The van der Waals surface area contributed by atoms with E-state index in [-0.39, 0.29) is 0 Å². The number of rotatable bonds is 2. The molecule has 0 spiro atoms. The Kier molecular flexibility index (Phi) is 3.29. The van der Waals surface area contributed by atoms with E-state index < -0.39 is 0 Å². The lowest BCUT2D eigenvalue weighted by Gasteiger charge is -2.22. The Morgan fingerprint density at radius 1 is 1.38 bits per heavy atom. The molecule has 0 bridgehead atoms. The lowest BCUT2D eigenvalue weighted by Crippen LogP contribution is -2.08. The third-order valence-electron chi connectivity index (χ3n) is 2.87. The summed E-state index contributed by atoms with van der Waals surface area (Å²) in [5, 5.41) is 0. The maximum atomic E-state index is 5.52. The molecule has 0 saturated carbocycles. The quantitative estimate of drug-likeness (QED) is 0.726. The smallest absolute Gasteiger partial charge is 0.122 e. The first-order chi connectivity index (χ1) is 7.46. The Labute approximate surface area is 106 Å². The lowest BCUT2D eigenvalue weighted by molar-refractivity contribution is 0.356. The van der Waals surface area contributed by atoms with Gasteiger partial charge in [-0.2, -0.15) is 0 Å². The van der Waals surface area contributed by atoms with Crippen molar-refractivity contribution in [2.24, 2.45) is 5.41 Å². The number of benzene rings is 1. The molecule has 0 fully saturated rings. The van der Waals surface area contributed by atoms with Crippen molar-refractivity contribution in [3.05, 3.63) is 29.3 Å². The Morgan fingerprint density at radius 3 is 2.81 bits per heavy atom. The van der Waals surface area contributed by atoms with Crippen LogP contribution in [0.2, 0.25) is 0 Å². The van der Waals surface area contributed by atoms with Gasteiger partial charge in [-0.25, -0.2) is 0 Å². The average molecular weight is 283 g/mol. The van der Waals surface area contributed by atoms with Crippen LogP contribution in [0.4, 0.5) is 0 Å². The highest BCUT2D eigenvalue weighted by Gasteiger charge is 2.20. The summed E-state index contributed by atoms with van der Waals surface area (Å²) in [4.78, 5) is 0.443. The van der Waals surface area contributed by atoms with Crippen LogP contribution in [0.5, 0.6) is 5.75 Å². The van der Waals surface area contributed by atoms with E-state index in [9.17, 15) is 0 Å². The van der Waals surface area contributed by atoms with Crippen LogP contribution in [0.1, 0.15) is 43.1 Å². The molecule has 1 aromatic rings. The highest BCUT2D eigenvalue weighted by Crippen LogP contribution is 2.37. The summed E-state index contributed by atoms with van der Waals surface area (Å²) in [5.74, 6) is 1.07. The summed E-state index contributed by atoms with van der Waals surface area (Å²) in [6.45, 7) is 7.66. The van der Waals surface area contributed by atoms with Crippen molar-refractivity contribution in [1.29, 1.82) is 0 Å². The van der Waals surface area contributed by atoms with Crippen LogP contribution < -0.4 is 4.74 Å². The highest BCUT2D eigenvalue weighted by atomic mass is 79.9. The molecule has 1 heterocycles. The SMILES string of the molecule is CC(C)(C)CC(Br)c1ccc2c(c1)CCO2. The van der Waals surface area contributed by atoms with Crippen molar-refractivity contribution in [2.75, 3.05) is 6.61 Å². The standard InChI is InChI=1S/C14H19BrO/c1-14(2,3)9-12(15)10-4-5-13-11(8-10)6-7-16-13/h4-5,8,12H,6-7,9H2,1-3H3. The molecule has 16 heavy (non-hydrogen) atoms. The van der Waals surface area contributed by atoms with Gasteiger partial charge in [-0.3, -0.25) is 0 Å². The summed E-state index contributed by atoms with van der Waals surface area (Å²) >= 11 is 3.79. The van der Waals surface area contributed by atoms with E-state index in [1.807, 2.05) is 0 Å². The minimum Gasteiger partial charge on any atom is -0.493 e. The van der Waals surface area contributed by atoms with Gasteiger partial charge in [0.1, 0.15) is 5.75 Å². The molecule has 1 aromatic carbocycles. The molecular weight excluding hydrogens is 264 g/mol. The van der Waals surface area contributed by atoms with Crippen molar-refractivity contribution < 1.29 is 4.74 Å². The van der Waals surface area contributed by atoms with E-state index in [0.29, 0.717) is 10.2 Å². The van der Waals surface area contributed by atoms with Gasteiger partial charge in [-0.15, -0.1) is 0 Å². The zero-order chi connectivity index (χ0) is 11.8. The van der Waals surface area contributed by atoms with Crippen LogP contribution in [0, 0.1) is 5.41 Å². The topological polar surface area (TPSA) is 9.23 Å². The Bertz CT molecular complexity index is 379. The van der Waals surface area contributed by atoms with Crippen LogP contribution in [0.15, 0.2) is 18.2 Å². The number of halogens is 1. The fourth-order valence-corrected chi connectivity index (χ4v) is 3.31. The molecule has 1 atom stereocenters. The van der Waals surface area contributed by atoms with Gasteiger partial charge in [-0.05, 0) is 29.0 Å². The minimum absolute atomic E-state index is 0.351. The summed E-state index contributed by atoms with van der Waals surface area (Å²) in [6, 6.07) is 6.57. The third-order valence-corrected chi connectivity index (χ3v) is 3.72. The number of alkyl halides is 1. The molecule has 0 aliphatic carbocycles. The summed E-state index contributed by atoms with van der Waals surface area (Å²) in [5.41, 5.74) is 3.08. The Balaban J connectivity index is 2.15. The highest BCUT2D eigenvalue weighted by molar-refractivity contribution is 9.09. The first-order valence-corrected chi connectivity index (χ1v) is 6.77. The minimum atomic E-state index is 0.351. The lowest BCUT2D eigenvalue weighted by atomic mass is 9.88. The second-order valence-corrected chi connectivity index (χ2v) is 6.80. The molecule has 1 aliphatic heterocycles. The largest absolute Gasteiger partial charge is 0.493 e. The first-order valence-electron chi connectivity index (χ1n) is 5.85. The van der Waals surface area contributed by atoms with E-state index in [2.05, 4.69) is 54.9 Å². The van der Waals surface area contributed by atoms with Crippen LogP contribution in [-0.2, 0) is 6.42 Å². The molecule has 0 N–H and O–H groups in total. The molecule has 1 aliphatic rings. The van der Waals surface area contributed by atoms with Crippen molar-refractivity contribution in [1.82, 2.24) is 0 Å². The first kappa shape index (κ1) is 12.0. The number of hydrogen-bond donors (Lipinski definition) is 0. The van der Waals surface area contributed by atoms with Crippen LogP contribution in [0.25, 0.3) is 0 Å². The van der Waals surface area contributed by atoms with Crippen LogP contribution in [0.3, 0.4) is 0 Å². The summed E-state index contributed by atoms with van der Waals surface area (Å²) in [6.07, 6.45) is 2.20. The summed E-state index contributed by atoms with van der Waals surface area (Å²) in [7, 11) is 0. The zero-order valence-electron chi connectivity index (χ0n) is 10.2. The number of fused-ring (bicyclic) bond motifs is 1. The molecule has 1 nitrogen and oxygen atoms in total. The van der Waals surface area contributed by atoms with Gasteiger partial charge in [0, 0.05) is 11.2 Å². The molecule has 88 valence electrons. The predicted molar refractivity (Wildman–Crippen MR) is 71.4 cm³/mol. The number of ether oxygens (including phenoxy) is 1. The zero-order valence-corrected chi connectivity index (χ0v) is 11.8. The number of hydrogen-bond acceptors (Lipinski definition) is 1. The van der Waals surface area contributed by atoms with Gasteiger partial charge in [0.05, 0.1) is 6.61 Å². The second-order valence-electron chi connectivity index (χ2n) is 5.70. The second kappa shape index (κ2) is 4.40. The molecule has 0 radical (unpaired) electrons. The molecule has 2 rings (SSSR count). The van der Waals surface area contributed by atoms with E-state index in [4.69, 9.17) is 4.74 Å². The third kappa shape index (κ3) is 2.79.